The number of rotatable bonds is 7. The van der Waals surface area contributed by atoms with Crippen LogP contribution in [-0.2, 0) is 6.42 Å². The highest BCUT2D eigenvalue weighted by Gasteiger charge is 2.08. The Morgan fingerprint density at radius 1 is 1.08 bits per heavy atom. The number of nitrogens with zero attached hydrogens (tertiary/aromatic N) is 1. The first-order valence-electron chi connectivity index (χ1n) is 7.81. The Morgan fingerprint density at radius 2 is 1.83 bits per heavy atom. The molecule has 1 N–H and O–H groups in total. The molecule has 3 nitrogen and oxygen atoms in total. The van der Waals surface area contributed by atoms with Gasteiger partial charge in [-0.1, -0.05) is 53.7 Å². The second kappa shape index (κ2) is 8.27. The third-order valence-electron chi connectivity index (χ3n) is 3.58. The molecule has 1 heterocycles. The van der Waals surface area contributed by atoms with Crippen molar-refractivity contribution in [1.82, 2.24) is 9.97 Å². The van der Waals surface area contributed by atoms with Crippen molar-refractivity contribution in [3.8, 4) is 5.75 Å². The van der Waals surface area contributed by atoms with E-state index in [0.29, 0.717) is 11.6 Å². The molecule has 2 aromatic carbocycles. The summed E-state index contributed by atoms with van der Waals surface area (Å²) in [7, 11) is 0. The van der Waals surface area contributed by atoms with Crippen molar-refractivity contribution >= 4 is 23.4 Å². The topological polar surface area (TPSA) is 37.9 Å². The van der Waals surface area contributed by atoms with E-state index in [4.69, 9.17) is 21.3 Å². The summed E-state index contributed by atoms with van der Waals surface area (Å²) in [5, 5.41) is 1.66. The van der Waals surface area contributed by atoms with E-state index in [1.807, 2.05) is 30.3 Å². The number of aromatic amines is 1. The first-order valence-corrected chi connectivity index (χ1v) is 9.17. The van der Waals surface area contributed by atoms with Crippen LogP contribution < -0.4 is 4.74 Å². The number of benzene rings is 2. The van der Waals surface area contributed by atoms with E-state index in [9.17, 15) is 0 Å². The smallest absolute Gasteiger partial charge is 0.165 e. The van der Waals surface area contributed by atoms with Crippen molar-refractivity contribution in [2.45, 2.75) is 18.5 Å². The molecule has 24 heavy (non-hydrogen) atoms. The van der Waals surface area contributed by atoms with Gasteiger partial charge in [0.1, 0.15) is 5.75 Å². The number of hydrogen-bond donors (Lipinski definition) is 1. The summed E-state index contributed by atoms with van der Waals surface area (Å²) in [4.78, 5) is 8.05. The quantitative estimate of drug-likeness (QED) is 0.469. The number of ether oxygens (including phenoxy) is 1. The maximum atomic E-state index is 5.86. The molecule has 0 aliphatic heterocycles. The number of aromatic nitrogens is 2. The molecule has 0 fully saturated rings. The van der Waals surface area contributed by atoms with Crippen LogP contribution in [0.4, 0.5) is 0 Å². The molecular weight excluding hydrogens is 340 g/mol. The van der Waals surface area contributed by atoms with E-state index in [-0.39, 0.29) is 0 Å². The van der Waals surface area contributed by atoms with E-state index < -0.39 is 0 Å². The van der Waals surface area contributed by atoms with Crippen LogP contribution in [0.15, 0.2) is 59.8 Å². The molecule has 0 aliphatic rings. The summed E-state index contributed by atoms with van der Waals surface area (Å²) in [6, 6.07) is 17.8. The van der Waals surface area contributed by atoms with Crippen LogP contribution >= 0.6 is 23.4 Å². The molecule has 1 aromatic heterocycles. The van der Waals surface area contributed by atoms with Crippen LogP contribution in [0.25, 0.3) is 0 Å². The van der Waals surface area contributed by atoms with Crippen LogP contribution in [0.2, 0.25) is 5.02 Å². The standard InChI is InChI=1S/C19H19ClN2OS/c1-14-18(13-15-5-3-2-4-6-15)22-19(21-14)24-12-11-23-17-9-7-16(20)8-10-17/h2-10H,11-13H2,1H3,(H,21,22). The summed E-state index contributed by atoms with van der Waals surface area (Å²) in [5.41, 5.74) is 3.50. The zero-order chi connectivity index (χ0) is 16.8. The van der Waals surface area contributed by atoms with E-state index in [0.717, 1.165) is 34.5 Å². The number of H-pyrrole nitrogens is 1. The van der Waals surface area contributed by atoms with Gasteiger partial charge in [-0.25, -0.2) is 4.98 Å². The zero-order valence-electron chi connectivity index (χ0n) is 13.5. The lowest BCUT2D eigenvalue weighted by Gasteiger charge is -2.04. The number of thioether (sulfide) groups is 1. The zero-order valence-corrected chi connectivity index (χ0v) is 15.0. The van der Waals surface area contributed by atoms with Crippen molar-refractivity contribution in [1.29, 1.82) is 0 Å². The lowest BCUT2D eigenvalue weighted by atomic mass is 10.1. The van der Waals surface area contributed by atoms with Crippen molar-refractivity contribution < 1.29 is 4.74 Å². The Hall–Kier alpha value is -1.91. The fraction of sp³-hybridized carbons (Fsp3) is 0.211. The monoisotopic (exact) mass is 358 g/mol. The van der Waals surface area contributed by atoms with Gasteiger partial charge >= 0.3 is 0 Å². The summed E-state index contributed by atoms with van der Waals surface area (Å²) in [5.74, 6) is 1.67. The minimum absolute atomic E-state index is 0.625. The van der Waals surface area contributed by atoms with Gasteiger partial charge in [0.05, 0.1) is 12.3 Å². The van der Waals surface area contributed by atoms with Gasteiger partial charge in [0.2, 0.25) is 0 Å². The van der Waals surface area contributed by atoms with Crippen molar-refractivity contribution in [2.75, 3.05) is 12.4 Å². The van der Waals surface area contributed by atoms with Gasteiger partial charge in [-0.2, -0.15) is 0 Å². The molecule has 0 spiro atoms. The van der Waals surface area contributed by atoms with Gasteiger partial charge in [-0.05, 0) is 36.8 Å². The lowest BCUT2D eigenvalue weighted by Crippen LogP contribution is -2.00. The largest absolute Gasteiger partial charge is 0.493 e. The Kier molecular flexibility index (Phi) is 5.83. The van der Waals surface area contributed by atoms with Crippen LogP contribution in [0.3, 0.4) is 0 Å². The number of aryl methyl sites for hydroxylation is 1. The highest BCUT2D eigenvalue weighted by atomic mass is 35.5. The van der Waals surface area contributed by atoms with Gasteiger partial charge < -0.3 is 9.72 Å². The average Bonchev–Trinajstić information content (AvgIpc) is 2.94. The molecule has 3 aromatic rings. The summed E-state index contributed by atoms with van der Waals surface area (Å²) in [6.45, 7) is 2.69. The van der Waals surface area contributed by atoms with Crippen molar-refractivity contribution in [3.63, 3.8) is 0 Å². The molecule has 124 valence electrons. The van der Waals surface area contributed by atoms with E-state index >= 15 is 0 Å². The molecule has 0 unspecified atom stereocenters. The second-order valence-corrected chi connectivity index (χ2v) is 6.95. The lowest BCUT2D eigenvalue weighted by molar-refractivity contribution is 0.344. The molecule has 0 radical (unpaired) electrons. The maximum Gasteiger partial charge on any atom is 0.165 e. The number of halogens is 1. The fourth-order valence-corrected chi connectivity index (χ4v) is 3.21. The molecule has 0 atom stereocenters. The highest BCUT2D eigenvalue weighted by molar-refractivity contribution is 7.99. The SMILES string of the molecule is Cc1[nH]c(SCCOc2ccc(Cl)cc2)nc1Cc1ccccc1. The first kappa shape index (κ1) is 16.9. The summed E-state index contributed by atoms with van der Waals surface area (Å²) >= 11 is 7.53. The average molecular weight is 359 g/mol. The van der Waals surface area contributed by atoms with Gasteiger partial charge in [0.25, 0.3) is 0 Å². The van der Waals surface area contributed by atoms with Gasteiger partial charge in [-0.3, -0.25) is 0 Å². The third kappa shape index (κ3) is 4.79. The van der Waals surface area contributed by atoms with Gasteiger partial charge in [0, 0.05) is 22.9 Å². The van der Waals surface area contributed by atoms with Crippen LogP contribution in [0.5, 0.6) is 5.75 Å². The van der Waals surface area contributed by atoms with E-state index in [1.54, 1.807) is 11.8 Å². The predicted molar refractivity (Wildman–Crippen MR) is 100 cm³/mol. The Morgan fingerprint density at radius 3 is 2.58 bits per heavy atom. The fourth-order valence-electron chi connectivity index (χ4n) is 2.33. The molecule has 0 bridgehead atoms. The number of hydrogen-bond acceptors (Lipinski definition) is 3. The van der Waals surface area contributed by atoms with Gasteiger partial charge in [0.15, 0.2) is 5.16 Å². The minimum Gasteiger partial charge on any atom is -0.493 e. The maximum absolute atomic E-state index is 5.86. The van der Waals surface area contributed by atoms with E-state index in [1.165, 1.54) is 5.56 Å². The molecular formula is C19H19ClN2OS. The molecule has 0 saturated carbocycles. The van der Waals surface area contributed by atoms with Crippen LogP contribution in [0, 0.1) is 6.92 Å². The van der Waals surface area contributed by atoms with Crippen LogP contribution in [0.1, 0.15) is 17.0 Å². The van der Waals surface area contributed by atoms with E-state index in [2.05, 4.69) is 36.2 Å². The second-order valence-electron chi connectivity index (χ2n) is 5.43. The Labute approximate surface area is 151 Å². The van der Waals surface area contributed by atoms with Crippen molar-refractivity contribution in [2.24, 2.45) is 0 Å². The number of nitrogens with one attached hydrogen (secondary N) is 1. The molecule has 5 heteroatoms. The molecule has 0 aliphatic carbocycles. The summed E-state index contributed by atoms with van der Waals surface area (Å²) in [6.07, 6.45) is 0.852. The first-order chi connectivity index (χ1) is 11.7. The minimum atomic E-state index is 0.625. The molecule has 0 saturated heterocycles. The summed E-state index contributed by atoms with van der Waals surface area (Å²) < 4.78 is 5.69. The normalized spacial score (nSPS) is 10.8. The Bertz CT molecular complexity index is 772. The Balaban J connectivity index is 1.49. The van der Waals surface area contributed by atoms with Gasteiger partial charge in [-0.15, -0.1) is 0 Å². The predicted octanol–water partition coefficient (Wildman–Crippen LogP) is 5.13. The molecule has 3 rings (SSSR count). The number of imidazole rings is 1. The van der Waals surface area contributed by atoms with Crippen molar-refractivity contribution in [3.05, 3.63) is 76.6 Å². The highest BCUT2D eigenvalue weighted by Crippen LogP contribution is 2.20. The third-order valence-corrected chi connectivity index (χ3v) is 4.67. The van der Waals surface area contributed by atoms with Crippen LogP contribution in [-0.4, -0.2) is 22.3 Å². The molecule has 0 amide bonds.